The molecular weight excluding hydrogens is 260 g/mol. The molecule has 1 aromatic rings. The van der Waals surface area contributed by atoms with Gasteiger partial charge in [-0.3, -0.25) is 9.59 Å². The number of nitrogens with zero attached hydrogens (tertiary/aromatic N) is 2. The molecular formula is C14H18N2O4. The van der Waals surface area contributed by atoms with Gasteiger partial charge in [0.2, 0.25) is 0 Å². The number of carbonyl (C=O) groups is 2. The summed E-state index contributed by atoms with van der Waals surface area (Å²) in [4.78, 5) is 24.7. The van der Waals surface area contributed by atoms with E-state index in [0.717, 1.165) is 31.4 Å². The molecule has 20 heavy (non-hydrogen) atoms. The Hall–Kier alpha value is -1.85. The van der Waals surface area contributed by atoms with Gasteiger partial charge >= 0.3 is 5.97 Å². The Labute approximate surface area is 116 Å². The number of hydrogen-bond donors (Lipinski definition) is 1. The van der Waals surface area contributed by atoms with Crippen LogP contribution >= 0.6 is 0 Å². The highest BCUT2D eigenvalue weighted by molar-refractivity contribution is 5.92. The van der Waals surface area contributed by atoms with Crippen molar-refractivity contribution < 1.29 is 19.2 Å². The third-order valence-corrected chi connectivity index (χ3v) is 4.09. The van der Waals surface area contributed by atoms with Gasteiger partial charge in [0, 0.05) is 31.5 Å². The van der Waals surface area contributed by atoms with E-state index in [1.165, 1.54) is 0 Å². The van der Waals surface area contributed by atoms with Crippen molar-refractivity contribution in [3.05, 3.63) is 17.5 Å². The van der Waals surface area contributed by atoms with Crippen LogP contribution in [0.1, 0.15) is 54.3 Å². The molecule has 2 heterocycles. The van der Waals surface area contributed by atoms with Gasteiger partial charge in [-0.05, 0) is 31.6 Å². The van der Waals surface area contributed by atoms with Crippen LogP contribution in [0.3, 0.4) is 0 Å². The Balaban J connectivity index is 1.56. The molecule has 1 amide bonds. The number of hydrogen-bond acceptors (Lipinski definition) is 4. The number of aliphatic carboxylic acids is 1. The lowest BCUT2D eigenvalue weighted by molar-refractivity contribution is -0.138. The van der Waals surface area contributed by atoms with E-state index in [1.807, 2.05) is 0 Å². The van der Waals surface area contributed by atoms with E-state index >= 15 is 0 Å². The number of amides is 1. The standard InChI is InChI=1S/C14H18N2O4/c17-13(18)7-9-3-5-16(6-4-9)14(19)11-8-12(20-15-11)10-1-2-10/h8-10H,1-7H2,(H,17,18). The van der Waals surface area contributed by atoms with E-state index in [4.69, 9.17) is 9.63 Å². The molecule has 1 saturated carbocycles. The van der Waals surface area contributed by atoms with Gasteiger partial charge in [-0.15, -0.1) is 0 Å². The third-order valence-electron chi connectivity index (χ3n) is 4.09. The van der Waals surface area contributed by atoms with Gasteiger partial charge in [0.05, 0.1) is 0 Å². The first-order valence-corrected chi connectivity index (χ1v) is 7.11. The van der Waals surface area contributed by atoms with Gasteiger partial charge in [0.1, 0.15) is 5.76 Å². The number of aromatic nitrogens is 1. The molecule has 108 valence electrons. The van der Waals surface area contributed by atoms with Crippen LogP contribution in [0.15, 0.2) is 10.6 Å². The Morgan fingerprint density at radius 2 is 2.00 bits per heavy atom. The second kappa shape index (κ2) is 5.26. The number of carboxylic acid groups (broad SMARTS) is 1. The molecule has 0 atom stereocenters. The summed E-state index contributed by atoms with van der Waals surface area (Å²) < 4.78 is 5.20. The minimum atomic E-state index is -0.764. The zero-order valence-corrected chi connectivity index (χ0v) is 11.2. The van der Waals surface area contributed by atoms with Crippen molar-refractivity contribution in [1.29, 1.82) is 0 Å². The van der Waals surface area contributed by atoms with Crippen LogP contribution in [-0.4, -0.2) is 40.1 Å². The first-order valence-electron chi connectivity index (χ1n) is 7.11. The maximum Gasteiger partial charge on any atom is 0.303 e. The molecule has 0 aromatic carbocycles. The summed E-state index contributed by atoms with van der Waals surface area (Å²) in [6.45, 7) is 1.20. The molecule has 0 bridgehead atoms. The van der Waals surface area contributed by atoms with Crippen LogP contribution in [0.2, 0.25) is 0 Å². The third kappa shape index (κ3) is 2.84. The quantitative estimate of drug-likeness (QED) is 0.909. The lowest BCUT2D eigenvalue weighted by atomic mass is 9.93. The summed E-state index contributed by atoms with van der Waals surface area (Å²) in [5.41, 5.74) is 0.378. The number of carbonyl (C=O) groups excluding carboxylic acids is 1. The van der Waals surface area contributed by atoms with Crippen LogP contribution in [0.25, 0.3) is 0 Å². The average molecular weight is 278 g/mol. The van der Waals surface area contributed by atoms with Crippen LogP contribution in [0.4, 0.5) is 0 Å². The van der Waals surface area contributed by atoms with Gasteiger partial charge < -0.3 is 14.5 Å². The molecule has 0 spiro atoms. The van der Waals surface area contributed by atoms with Gasteiger partial charge in [0.25, 0.3) is 5.91 Å². The molecule has 2 aliphatic rings. The Morgan fingerprint density at radius 3 is 2.60 bits per heavy atom. The monoisotopic (exact) mass is 278 g/mol. The lowest BCUT2D eigenvalue weighted by Crippen LogP contribution is -2.39. The van der Waals surface area contributed by atoms with Crippen LogP contribution in [-0.2, 0) is 4.79 Å². The summed E-state index contributed by atoms with van der Waals surface area (Å²) in [7, 11) is 0. The molecule has 6 heteroatoms. The average Bonchev–Trinajstić information content (AvgIpc) is 3.16. The van der Waals surface area contributed by atoms with Crippen molar-refractivity contribution in [1.82, 2.24) is 10.1 Å². The van der Waals surface area contributed by atoms with Gasteiger partial charge in [0.15, 0.2) is 5.69 Å². The van der Waals surface area contributed by atoms with Crippen molar-refractivity contribution in [2.24, 2.45) is 5.92 Å². The van der Waals surface area contributed by atoms with E-state index in [0.29, 0.717) is 24.7 Å². The molecule has 2 fully saturated rings. The van der Waals surface area contributed by atoms with Crippen LogP contribution in [0, 0.1) is 5.92 Å². The normalized spacial score (nSPS) is 20.1. The fraction of sp³-hybridized carbons (Fsp3) is 0.643. The first-order chi connectivity index (χ1) is 9.63. The molecule has 0 radical (unpaired) electrons. The van der Waals surface area contributed by atoms with Gasteiger partial charge in [-0.1, -0.05) is 5.16 Å². The molecule has 0 unspecified atom stereocenters. The highest BCUT2D eigenvalue weighted by atomic mass is 16.5. The van der Waals surface area contributed by atoms with Crippen molar-refractivity contribution in [3.63, 3.8) is 0 Å². The van der Waals surface area contributed by atoms with E-state index in [1.54, 1.807) is 11.0 Å². The molecule has 6 nitrogen and oxygen atoms in total. The Bertz CT molecular complexity index is 513. The van der Waals surface area contributed by atoms with E-state index < -0.39 is 5.97 Å². The Kier molecular flexibility index (Phi) is 3.46. The summed E-state index contributed by atoms with van der Waals surface area (Å²) in [6, 6.07) is 1.75. The van der Waals surface area contributed by atoms with Crippen molar-refractivity contribution >= 4 is 11.9 Å². The van der Waals surface area contributed by atoms with Gasteiger partial charge in [-0.2, -0.15) is 0 Å². The Morgan fingerprint density at radius 1 is 1.30 bits per heavy atom. The summed E-state index contributed by atoms with van der Waals surface area (Å²) in [5, 5.41) is 12.6. The summed E-state index contributed by atoms with van der Waals surface area (Å²) in [6.07, 6.45) is 3.90. The molecule has 1 N–H and O–H groups in total. The maximum atomic E-state index is 12.3. The number of piperidine rings is 1. The predicted octanol–water partition coefficient (Wildman–Crippen LogP) is 1.88. The zero-order valence-electron chi connectivity index (χ0n) is 11.2. The topological polar surface area (TPSA) is 83.6 Å². The molecule has 1 aliphatic heterocycles. The fourth-order valence-corrected chi connectivity index (χ4v) is 2.70. The zero-order chi connectivity index (χ0) is 14.1. The number of carboxylic acids is 1. The fourth-order valence-electron chi connectivity index (χ4n) is 2.70. The first kappa shape index (κ1) is 13.1. The molecule has 1 aromatic heterocycles. The van der Waals surface area contributed by atoms with E-state index in [2.05, 4.69) is 5.16 Å². The maximum absolute atomic E-state index is 12.3. The molecule has 1 aliphatic carbocycles. The minimum absolute atomic E-state index is 0.102. The summed E-state index contributed by atoms with van der Waals surface area (Å²) in [5.74, 6) is 0.574. The SMILES string of the molecule is O=C(O)CC1CCN(C(=O)c2cc(C3CC3)on2)CC1. The smallest absolute Gasteiger partial charge is 0.303 e. The highest BCUT2D eigenvalue weighted by Gasteiger charge is 2.31. The largest absolute Gasteiger partial charge is 0.481 e. The number of rotatable bonds is 4. The van der Waals surface area contributed by atoms with Crippen molar-refractivity contribution in [2.75, 3.05) is 13.1 Å². The second-order valence-corrected chi connectivity index (χ2v) is 5.72. The highest BCUT2D eigenvalue weighted by Crippen LogP contribution is 2.40. The van der Waals surface area contributed by atoms with E-state index in [9.17, 15) is 9.59 Å². The van der Waals surface area contributed by atoms with Crippen LogP contribution < -0.4 is 0 Å². The predicted molar refractivity (Wildman–Crippen MR) is 69.4 cm³/mol. The van der Waals surface area contributed by atoms with Gasteiger partial charge in [-0.25, -0.2) is 0 Å². The second-order valence-electron chi connectivity index (χ2n) is 5.72. The molecule has 1 saturated heterocycles. The van der Waals surface area contributed by atoms with Crippen molar-refractivity contribution in [3.8, 4) is 0 Å². The van der Waals surface area contributed by atoms with Crippen LogP contribution in [0.5, 0.6) is 0 Å². The number of likely N-dealkylation sites (tertiary alicyclic amines) is 1. The minimum Gasteiger partial charge on any atom is -0.481 e. The summed E-state index contributed by atoms with van der Waals surface area (Å²) >= 11 is 0. The van der Waals surface area contributed by atoms with Crippen molar-refractivity contribution in [2.45, 2.75) is 38.0 Å². The molecule has 3 rings (SSSR count). The lowest BCUT2D eigenvalue weighted by Gasteiger charge is -2.30. The van der Waals surface area contributed by atoms with E-state index in [-0.39, 0.29) is 18.2 Å².